The number of nitrogens with one attached hydrogen (secondary N) is 1. The molecule has 0 heterocycles. The Morgan fingerprint density at radius 3 is 2.58 bits per heavy atom. The van der Waals surface area contributed by atoms with E-state index in [0.29, 0.717) is 12.2 Å². The highest BCUT2D eigenvalue weighted by Crippen LogP contribution is 2.21. The fourth-order valence-corrected chi connectivity index (χ4v) is 2.57. The SMILES string of the molecule is CC(CC(=O)O)NC(=O)CCSc1ccc(Br)cc1. The van der Waals surface area contributed by atoms with Crippen LogP contribution in [0.5, 0.6) is 0 Å². The number of carbonyl (C=O) groups is 2. The van der Waals surface area contributed by atoms with E-state index >= 15 is 0 Å². The largest absolute Gasteiger partial charge is 0.481 e. The molecule has 2 N–H and O–H groups in total. The van der Waals surface area contributed by atoms with Crippen LogP contribution < -0.4 is 5.32 Å². The third-order valence-corrected chi connectivity index (χ3v) is 3.84. The van der Waals surface area contributed by atoms with Crippen molar-refractivity contribution in [2.45, 2.75) is 30.7 Å². The molecule has 0 spiro atoms. The van der Waals surface area contributed by atoms with Crippen molar-refractivity contribution in [3.8, 4) is 0 Å². The Kier molecular flexibility index (Phi) is 6.94. The molecule has 0 aromatic heterocycles. The van der Waals surface area contributed by atoms with Gasteiger partial charge in [-0.3, -0.25) is 9.59 Å². The maximum atomic E-state index is 11.6. The number of thioether (sulfide) groups is 1. The van der Waals surface area contributed by atoms with E-state index in [1.165, 1.54) is 0 Å². The Bertz CT molecular complexity index is 436. The number of halogens is 1. The average molecular weight is 346 g/mol. The molecule has 0 saturated carbocycles. The highest BCUT2D eigenvalue weighted by atomic mass is 79.9. The van der Waals surface area contributed by atoms with Gasteiger partial charge in [-0.1, -0.05) is 15.9 Å². The van der Waals surface area contributed by atoms with Crippen LogP contribution in [-0.4, -0.2) is 28.8 Å². The zero-order chi connectivity index (χ0) is 14.3. The molecule has 0 aliphatic carbocycles. The number of aliphatic carboxylic acids is 1. The van der Waals surface area contributed by atoms with Crippen LogP contribution in [0.15, 0.2) is 33.6 Å². The third kappa shape index (κ3) is 7.22. The lowest BCUT2D eigenvalue weighted by Gasteiger charge is -2.11. The van der Waals surface area contributed by atoms with Crippen molar-refractivity contribution in [1.82, 2.24) is 5.32 Å². The minimum absolute atomic E-state index is 0.0500. The topological polar surface area (TPSA) is 66.4 Å². The Morgan fingerprint density at radius 2 is 2.00 bits per heavy atom. The first-order chi connectivity index (χ1) is 8.97. The molecule has 6 heteroatoms. The number of carboxylic acids is 1. The molecule has 0 radical (unpaired) electrons. The molecule has 1 aromatic carbocycles. The van der Waals surface area contributed by atoms with E-state index < -0.39 is 5.97 Å². The van der Waals surface area contributed by atoms with Crippen molar-refractivity contribution in [2.75, 3.05) is 5.75 Å². The van der Waals surface area contributed by atoms with Crippen LogP contribution in [0.2, 0.25) is 0 Å². The van der Waals surface area contributed by atoms with Crippen molar-refractivity contribution in [3.63, 3.8) is 0 Å². The smallest absolute Gasteiger partial charge is 0.305 e. The minimum Gasteiger partial charge on any atom is -0.481 e. The Hall–Kier alpha value is -1.01. The number of benzene rings is 1. The standard InChI is InChI=1S/C13H16BrNO3S/c1-9(8-13(17)18)15-12(16)6-7-19-11-4-2-10(14)3-5-11/h2-5,9H,6-8H2,1H3,(H,15,16)(H,17,18). The highest BCUT2D eigenvalue weighted by Gasteiger charge is 2.10. The molecule has 1 unspecified atom stereocenters. The fraction of sp³-hybridized carbons (Fsp3) is 0.385. The first kappa shape index (κ1) is 16.0. The number of amides is 1. The van der Waals surface area contributed by atoms with Crippen molar-refractivity contribution in [3.05, 3.63) is 28.7 Å². The number of rotatable bonds is 7. The van der Waals surface area contributed by atoms with Gasteiger partial charge < -0.3 is 10.4 Å². The van der Waals surface area contributed by atoms with Gasteiger partial charge in [-0.15, -0.1) is 11.8 Å². The van der Waals surface area contributed by atoms with Crippen LogP contribution in [0.3, 0.4) is 0 Å². The molecule has 0 bridgehead atoms. The average Bonchev–Trinajstić information content (AvgIpc) is 2.30. The molecular weight excluding hydrogens is 330 g/mol. The molecule has 1 rings (SSSR count). The second-order valence-corrected chi connectivity index (χ2v) is 6.20. The summed E-state index contributed by atoms with van der Waals surface area (Å²) >= 11 is 4.96. The molecule has 0 saturated heterocycles. The predicted octanol–water partition coefficient (Wildman–Crippen LogP) is 2.91. The van der Waals surface area contributed by atoms with E-state index in [2.05, 4.69) is 21.2 Å². The Balaban J connectivity index is 2.23. The summed E-state index contributed by atoms with van der Waals surface area (Å²) in [6.07, 6.45) is 0.330. The third-order valence-electron chi connectivity index (χ3n) is 2.30. The van der Waals surface area contributed by atoms with E-state index in [9.17, 15) is 9.59 Å². The molecule has 19 heavy (non-hydrogen) atoms. The van der Waals surface area contributed by atoms with Crippen LogP contribution in [0, 0.1) is 0 Å². The maximum Gasteiger partial charge on any atom is 0.305 e. The summed E-state index contributed by atoms with van der Waals surface area (Å²) in [6.45, 7) is 1.69. The second kappa shape index (κ2) is 8.22. The van der Waals surface area contributed by atoms with E-state index in [1.54, 1.807) is 18.7 Å². The summed E-state index contributed by atoms with van der Waals surface area (Å²) in [5, 5.41) is 11.3. The molecule has 0 fully saturated rings. The van der Waals surface area contributed by atoms with Crippen molar-refractivity contribution in [2.24, 2.45) is 0 Å². The summed E-state index contributed by atoms with van der Waals surface area (Å²) < 4.78 is 1.03. The summed E-state index contributed by atoms with van der Waals surface area (Å²) in [5.74, 6) is -0.344. The van der Waals surface area contributed by atoms with Crippen LogP contribution in [0.4, 0.5) is 0 Å². The van der Waals surface area contributed by atoms with Gasteiger partial charge in [0.05, 0.1) is 6.42 Å². The minimum atomic E-state index is -0.906. The number of carbonyl (C=O) groups excluding carboxylic acids is 1. The predicted molar refractivity (Wildman–Crippen MR) is 79.3 cm³/mol. The molecule has 1 aromatic rings. The lowest BCUT2D eigenvalue weighted by molar-refractivity contribution is -0.137. The monoisotopic (exact) mass is 345 g/mol. The van der Waals surface area contributed by atoms with Gasteiger partial charge in [0.2, 0.25) is 5.91 Å². The zero-order valence-corrected chi connectivity index (χ0v) is 13.0. The maximum absolute atomic E-state index is 11.6. The Labute approximate surface area is 125 Å². The van der Waals surface area contributed by atoms with Crippen LogP contribution in [0.25, 0.3) is 0 Å². The van der Waals surface area contributed by atoms with Crippen LogP contribution >= 0.6 is 27.7 Å². The first-order valence-corrected chi connectivity index (χ1v) is 7.64. The second-order valence-electron chi connectivity index (χ2n) is 4.12. The van der Waals surface area contributed by atoms with Gasteiger partial charge in [0.25, 0.3) is 0 Å². The van der Waals surface area contributed by atoms with Gasteiger partial charge in [0, 0.05) is 27.6 Å². The molecule has 4 nitrogen and oxygen atoms in total. The number of carboxylic acid groups (broad SMARTS) is 1. The van der Waals surface area contributed by atoms with E-state index in [0.717, 1.165) is 9.37 Å². The molecule has 0 aliphatic heterocycles. The quantitative estimate of drug-likeness (QED) is 0.745. The van der Waals surface area contributed by atoms with Gasteiger partial charge in [-0.2, -0.15) is 0 Å². The number of hydrogen-bond donors (Lipinski definition) is 2. The van der Waals surface area contributed by atoms with Gasteiger partial charge in [0.15, 0.2) is 0 Å². The fourth-order valence-electron chi connectivity index (χ4n) is 1.45. The molecule has 1 amide bonds. The van der Waals surface area contributed by atoms with Crippen LogP contribution in [-0.2, 0) is 9.59 Å². The summed E-state index contributed by atoms with van der Waals surface area (Å²) in [4.78, 5) is 23.1. The lowest BCUT2D eigenvalue weighted by Crippen LogP contribution is -2.34. The molecule has 0 aliphatic rings. The van der Waals surface area contributed by atoms with Crippen molar-refractivity contribution >= 4 is 39.6 Å². The van der Waals surface area contributed by atoms with E-state index in [-0.39, 0.29) is 18.4 Å². The summed E-state index contributed by atoms with van der Waals surface area (Å²) in [5.41, 5.74) is 0. The van der Waals surface area contributed by atoms with E-state index in [4.69, 9.17) is 5.11 Å². The summed E-state index contributed by atoms with van der Waals surface area (Å²) in [6, 6.07) is 7.55. The van der Waals surface area contributed by atoms with Gasteiger partial charge >= 0.3 is 5.97 Å². The van der Waals surface area contributed by atoms with Crippen molar-refractivity contribution in [1.29, 1.82) is 0 Å². The Morgan fingerprint density at radius 1 is 1.37 bits per heavy atom. The first-order valence-electron chi connectivity index (χ1n) is 5.87. The zero-order valence-electron chi connectivity index (χ0n) is 10.6. The summed E-state index contributed by atoms with van der Waals surface area (Å²) in [7, 11) is 0. The van der Waals surface area contributed by atoms with Crippen molar-refractivity contribution < 1.29 is 14.7 Å². The lowest BCUT2D eigenvalue weighted by atomic mass is 10.2. The van der Waals surface area contributed by atoms with Gasteiger partial charge in [-0.25, -0.2) is 0 Å². The molecular formula is C13H16BrNO3S. The van der Waals surface area contributed by atoms with Gasteiger partial charge in [-0.05, 0) is 31.2 Å². The van der Waals surface area contributed by atoms with Crippen LogP contribution in [0.1, 0.15) is 19.8 Å². The van der Waals surface area contributed by atoms with E-state index in [1.807, 2.05) is 24.3 Å². The van der Waals surface area contributed by atoms with Gasteiger partial charge in [0.1, 0.15) is 0 Å². The molecule has 104 valence electrons. The normalized spacial score (nSPS) is 11.9. The highest BCUT2D eigenvalue weighted by molar-refractivity contribution is 9.10. The molecule has 1 atom stereocenters. The number of hydrogen-bond acceptors (Lipinski definition) is 3.